The molecular weight excluding hydrogens is 260 g/mol. The SMILES string of the molecule is Cc1c(Cl)cccc1N=C(NN)Nc1ccccc1. The number of hydrogen-bond acceptors (Lipinski definition) is 2. The molecule has 0 unspecified atom stereocenters. The van der Waals surface area contributed by atoms with Crippen LogP contribution in [-0.2, 0) is 0 Å². The van der Waals surface area contributed by atoms with Gasteiger partial charge in [-0.15, -0.1) is 0 Å². The van der Waals surface area contributed by atoms with Crippen LogP contribution in [0.4, 0.5) is 11.4 Å². The van der Waals surface area contributed by atoms with Crippen molar-refractivity contribution in [3.63, 3.8) is 0 Å². The molecule has 0 fully saturated rings. The smallest absolute Gasteiger partial charge is 0.215 e. The van der Waals surface area contributed by atoms with E-state index in [0.717, 1.165) is 16.9 Å². The maximum Gasteiger partial charge on any atom is 0.215 e. The van der Waals surface area contributed by atoms with E-state index in [4.69, 9.17) is 17.4 Å². The third-order valence-electron chi connectivity index (χ3n) is 2.64. The summed E-state index contributed by atoms with van der Waals surface area (Å²) >= 11 is 6.06. The molecule has 0 atom stereocenters. The van der Waals surface area contributed by atoms with Gasteiger partial charge in [0.05, 0.1) is 5.69 Å². The van der Waals surface area contributed by atoms with E-state index in [9.17, 15) is 0 Å². The Balaban J connectivity index is 2.26. The second kappa shape index (κ2) is 6.22. The van der Waals surface area contributed by atoms with E-state index in [2.05, 4.69) is 15.7 Å². The van der Waals surface area contributed by atoms with E-state index in [0.29, 0.717) is 11.0 Å². The molecule has 98 valence electrons. The van der Waals surface area contributed by atoms with Crippen LogP contribution in [0.25, 0.3) is 0 Å². The number of hydrogen-bond donors (Lipinski definition) is 3. The van der Waals surface area contributed by atoms with E-state index in [1.54, 1.807) is 0 Å². The average molecular weight is 275 g/mol. The highest BCUT2D eigenvalue weighted by Crippen LogP contribution is 2.25. The number of hydrazine groups is 1. The lowest BCUT2D eigenvalue weighted by Gasteiger charge is -2.10. The fourth-order valence-electron chi connectivity index (χ4n) is 1.59. The molecule has 19 heavy (non-hydrogen) atoms. The van der Waals surface area contributed by atoms with Gasteiger partial charge in [-0.3, -0.25) is 5.43 Å². The van der Waals surface area contributed by atoms with Crippen molar-refractivity contribution in [2.75, 3.05) is 5.32 Å². The first-order valence-corrected chi connectivity index (χ1v) is 6.21. The highest BCUT2D eigenvalue weighted by atomic mass is 35.5. The van der Waals surface area contributed by atoms with Crippen molar-refractivity contribution in [3.8, 4) is 0 Å². The van der Waals surface area contributed by atoms with E-state index in [1.165, 1.54) is 0 Å². The molecule has 0 amide bonds. The monoisotopic (exact) mass is 274 g/mol. The summed E-state index contributed by atoms with van der Waals surface area (Å²) < 4.78 is 0. The van der Waals surface area contributed by atoms with Crippen molar-refractivity contribution < 1.29 is 0 Å². The van der Waals surface area contributed by atoms with Crippen molar-refractivity contribution in [1.82, 2.24) is 5.43 Å². The third kappa shape index (κ3) is 3.47. The van der Waals surface area contributed by atoms with Gasteiger partial charge in [-0.05, 0) is 36.8 Å². The van der Waals surface area contributed by atoms with Gasteiger partial charge in [0.25, 0.3) is 0 Å². The second-order valence-electron chi connectivity index (χ2n) is 3.98. The summed E-state index contributed by atoms with van der Waals surface area (Å²) in [5.41, 5.74) is 5.12. The Morgan fingerprint density at radius 2 is 1.84 bits per heavy atom. The van der Waals surface area contributed by atoms with Gasteiger partial charge in [0.15, 0.2) is 0 Å². The molecule has 0 radical (unpaired) electrons. The molecule has 4 N–H and O–H groups in total. The summed E-state index contributed by atoms with van der Waals surface area (Å²) in [4.78, 5) is 4.42. The van der Waals surface area contributed by atoms with Gasteiger partial charge >= 0.3 is 0 Å². The molecule has 0 aliphatic carbocycles. The van der Waals surface area contributed by atoms with E-state index < -0.39 is 0 Å². The van der Waals surface area contributed by atoms with Crippen molar-refractivity contribution in [2.45, 2.75) is 6.92 Å². The van der Waals surface area contributed by atoms with E-state index >= 15 is 0 Å². The average Bonchev–Trinajstić information content (AvgIpc) is 2.44. The van der Waals surface area contributed by atoms with Crippen molar-refractivity contribution in [1.29, 1.82) is 0 Å². The van der Waals surface area contributed by atoms with Crippen LogP contribution in [0.3, 0.4) is 0 Å². The molecule has 0 saturated carbocycles. The number of nitrogens with two attached hydrogens (primary N) is 1. The lowest BCUT2D eigenvalue weighted by atomic mass is 10.2. The molecule has 0 aliphatic heterocycles. The maximum atomic E-state index is 6.06. The summed E-state index contributed by atoms with van der Waals surface area (Å²) in [5.74, 6) is 5.94. The van der Waals surface area contributed by atoms with Crippen LogP contribution < -0.4 is 16.6 Å². The van der Waals surface area contributed by atoms with Gasteiger partial charge in [0, 0.05) is 10.7 Å². The number of nitrogens with one attached hydrogen (secondary N) is 2. The fourth-order valence-corrected chi connectivity index (χ4v) is 1.76. The standard InChI is InChI=1S/C14H15ClN4/c1-10-12(15)8-5-9-13(10)18-14(19-16)17-11-6-3-2-4-7-11/h2-9H,16H2,1H3,(H2,17,18,19). The molecule has 0 spiro atoms. The molecule has 0 bridgehead atoms. The number of aliphatic imine (C=N–C) groups is 1. The van der Waals surface area contributed by atoms with Crippen LogP contribution in [0, 0.1) is 6.92 Å². The second-order valence-corrected chi connectivity index (χ2v) is 4.39. The number of anilines is 1. The molecule has 0 saturated heterocycles. The van der Waals surface area contributed by atoms with Crippen molar-refractivity contribution in [3.05, 3.63) is 59.1 Å². The minimum atomic E-state index is 0.455. The molecule has 2 aromatic carbocycles. The number of rotatable bonds is 2. The number of halogens is 1. The molecule has 0 aromatic heterocycles. The topological polar surface area (TPSA) is 62.4 Å². The molecule has 5 heteroatoms. The zero-order valence-electron chi connectivity index (χ0n) is 10.5. The first-order valence-electron chi connectivity index (χ1n) is 5.83. The Labute approximate surface area is 117 Å². The van der Waals surface area contributed by atoms with Crippen LogP contribution in [0.1, 0.15) is 5.56 Å². The van der Waals surface area contributed by atoms with Crippen LogP contribution in [0.2, 0.25) is 5.02 Å². The largest absolute Gasteiger partial charge is 0.325 e. The van der Waals surface area contributed by atoms with Crippen molar-refractivity contribution >= 4 is 28.9 Å². The van der Waals surface area contributed by atoms with Gasteiger partial charge in [-0.25, -0.2) is 10.8 Å². The number of benzene rings is 2. The minimum Gasteiger partial charge on any atom is -0.325 e. The van der Waals surface area contributed by atoms with Crippen molar-refractivity contribution in [2.24, 2.45) is 10.8 Å². The quantitative estimate of drug-likeness (QED) is 0.341. The molecule has 2 aromatic rings. The van der Waals surface area contributed by atoms with Gasteiger partial charge in [0.1, 0.15) is 0 Å². The van der Waals surface area contributed by atoms with Gasteiger partial charge in [-0.1, -0.05) is 35.9 Å². The highest BCUT2D eigenvalue weighted by molar-refractivity contribution is 6.31. The molecule has 2 rings (SSSR count). The summed E-state index contributed by atoms with van der Waals surface area (Å²) in [6.45, 7) is 1.91. The van der Waals surface area contributed by atoms with Crippen LogP contribution >= 0.6 is 11.6 Å². The Bertz CT molecular complexity index is 581. The first kappa shape index (κ1) is 13.4. The van der Waals surface area contributed by atoms with Gasteiger partial charge in [0.2, 0.25) is 5.96 Å². The molecule has 0 heterocycles. The molecule has 4 nitrogen and oxygen atoms in total. The number of guanidine groups is 1. The Morgan fingerprint density at radius 1 is 1.11 bits per heavy atom. The van der Waals surface area contributed by atoms with Gasteiger partial charge in [-0.2, -0.15) is 0 Å². The predicted octanol–water partition coefficient (Wildman–Crippen LogP) is 3.21. The highest BCUT2D eigenvalue weighted by Gasteiger charge is 2.03. The molecule has 0 aliphatic rings. The summed E-state index contributed by atoms with van der Waals surface area (Å²) in [5, 5.41) is 3.77. The predicted molar refractivity (Wildman–Crippen MR) is 80.7 cm³/mol. The molecular formula is C14H15ClN4. The third-order valence-corrected chi connectivity index (χ3v) is 3.05. The van der Waals surface area contributed by atoms with Gasteiger partial charge < -0.3 is 5.32 Å². The summed E-state index contributed by atoms with van der Waals surface area (Å²) in [6, 6.07) is 15.2. The zero-order valence-corrected chi connectivity index (χ0v) is 11.3. The first-order chi connectivity index (χ1) is 9.20. The lowest BCUT2D eigenvalue weighted by Crippen LogP contribution is -2.36. The van der Waals surface area contributed by atoms with E-state index in [1.807, 2.05) is 55.5 Å². The Hall–Kier alpha value is -2.04. The van der Waals surface area contributed by atoms with Crippen LogP contribution in [0.15, 0.2) is 53.5 Å². The van der Waals surface area contributed by atoms with Crippen LogP contribution in [0.5, 0.6) is 0 Å². The summed E-state index contributed by atoms with van der Waals surface area (Å²) in [7, 11) is 0. The number of para-hydroxylation sites is 1. The minimum absolute atomic E-state index is 0.455. The number of nitrogens with zero attached hydrogens (tertiary/aromatic N) is 1. The van der Waals surface area contributed by atoms with E-state index in [-0.39, 0.29) is 0 Å². The Morgan fingerprint density at radius 3 is 2.53 bits per heavy atom. The van der Waals surface area contributed by atoms with Crippen LogP contribution in [-0.4, -0.2) is 5.96 Å². The Kier molecular flexibility index (Phi) is 4.39. The lowest BCUT2D eigenvalue weighted by molar-refractivity contribution is 1.02. The fraction of sp³-hybridized carbons (Fsp3) is 0.0714. The summed E-state index contributed by atoms with van der Waals surface area (Å²) in [6.07, 6.45) is 0. The zero-order chi connectivity index (χ0) is 13.7. The normalized spacial score (nSPS) is 11.2. The maximum absolute atomic E-state index is 6.06.